The molecule has 0 atom stereocenters. The number of pyridine rings is 1. The van der Waals surface area contributed by atoms with E-state index in [0.717, 1.165) is 29.9 Å². The first kappa shape index (κ1) is 13.4. The Morgan fingerprint density at radius 3 is 2.95 bits per heavy atom. The fourth-order valence-corrected chi connectivity index (χ4v) is 2.26. The molecule has 108 valence electrons. The SMILES string of the molecule is COc1cccc(CCNc2nc3c(C)cccn3n2)c1. The van der Waals surface area contributed by atoms with Gasteiger partial charge in [0.15, 0.2) is 5.65 Å². The van der Waals surface area contributed by atoms with Gasteiger partial charge in [0.05, 0.1) is 7.11 Å². The van der Waals surface area contributed by atoms with Crippen molar-refractivity contribution in [1.29, 1.82) is 0 Å². The van der Waals surface area contributed by atoms with E-state index in [1.54, 1.807) is 11.6 Å². The number of benzene rings is 1. The van der Waals surface area contributed by atoms with Crippen LogP contribution in [-0.2, 0) is 6.42 Å². The first-order valence-electron chi connectivity index (χ1n) is 6.95. The number of aromatic nitrogens is 3. The van der Waals surface area contributed by atoms with E-state index in [2.05, 4.69) is 21.5 Å². The van der Waals surface area contributed by atoms with E-state index in [0.29, 0.717) is 5.95 Å². The highest BCUT2D eigenvalue weighted by atomic mass is 16.5. The summed E-state index contributed by atoms with van der Waals surface area (Å²) in [5, 5.41) is 7.67. The first-order valence-corrected chi connectivity index (χ1v) is 6.95. The quantitative estimate of drug-likeness (QED) is 0.781. The standard InChI is InChI=1S/C16H18N4O/c1-12-5-4-10-20-15(12)18-16(19-20)17-9-8-13-6-3-7-14(11-13)21-2/h3-7,10-11H,8-9H2,1-2H3,(H,17,19). The predicted octanol–water partition coefficient (Wildman–Crippen LogP) is 2.70. The molecule has 5 nitrogen and oxygen atoms in total. The molecule has 0 saturated heterocycles. The van der Waals surface area contributed by atoms with Gasteiger partial charge >= 0.3 is 0 Å². The Morgan fingerprint density at radius 2 is 2.14 bits per heavy atom. The van der Waals surface area contributed by atoms with Crippen molar-refractivity contribution >= 4 is 11.6 Å². The summed E-state index contributed by atoms with van der Waals surface area (Å²) in [5.74, 6) is 1.54. The third-order valence-electron chi connectivity index (χ3n) is 3.39. The zero-order valence-electron chi connectivity index (χ0n) is 12.2. The van der Waals surface area contributed by atoms with Gasteiger partial charge in [-0.25, -0.2) is 4.52 Å². The highest BCUT2D eigenvalue weighted by molar-refractivity contribution is 5.49. The number of fused-ring (bicyclic) bond motifs is 1. The maximum Gasteiger partial charge on any atom is 0.243 e. The van der Waals surface area contributed by atoms with Crippen LogP contribution in [0.5, 0.6) is 5.75 Å². The Kier molecular flexibility index (Phi) is 3.73. The number of ether oxygens (including phenoxy) is 1. The molecule has 0 fully saturated rings. The molecule has 2 heterocycles. The maximum absolute atomic E-state index is 5.22. The van der Waals surface area contributed by atoms with Gasteiger partial charge in [-0.15, -0.1) is 5.10 Å². The van der Waals surface area contributed by atoms with Gasteiger partial charge < -0.3 is 10.1 Å². The first-order chi connectivity index (χ1) is 10.3. The highest BCUT2D eigenvalue weighted by Gasteiger charge is 2.04. The van der Waals surface area contributed by atoms with Crippen molar-refractivity contribution in [2.45, 2.75) is 13.3 Å². The Balaban J connectivity index is 1.65. The number of hydrogen-bond donors (Lipinski definition) is 1. The second-order valence-electron chi connectivity index (χ2n) is 4.92. The van der Waals surface area contributed by atoms with Gasteiger partial charge in [-0.1, -0.05) is 18.2 Å². The largest absolute Gasteiger partial charge is 0.497 e. The molecule has 0 aliphatic carbocycles. The maximum atomic E-state index is 5.22. The van der Waals surface area contributed by atoms with E-state index in [9.17, 15) is 0 Å². The van der Waals surface area contributed by atoms with Crippen molar-refractivity contribution in [2.24, 2.45) is 0 Å². The summed E-state index contributed by atoms with van der Waals surface area (Å²) >= 11 is 0. The molecule has 3 rings (SSSR count). The predicted molar refractivity (Wildman–Crippen MR) is 82.9 cm³/mol. The van der Waals surface area contributed by atoms with Crippen molar-refractivity contribution < 1.29 is 4.74 Å². The van der Waals surface area contributed by atoms with Crippen LogP contribution in [0.1, 0.15) is 11.1 Å². The average Bonchev–Trinajstić information content (AvgIpc) is 2.92. The minimum Gasteiger partial charge on any atom is -0.497 e. The number of rotatable bonds is 5. The van der Waals surface area contributed by atoms with Crippen LogP contribution >= 0.6 is 0 Å². The Bertz CT molecular complexity index is 751. The Hall–Kier alpha value is -2.56. The molecule has 2 aromatic heterocycles. The van der Waals surface area contributed by atoms with Crippen molar-refractivity contribution in [1.82, 2.24) is 14.6 Å². The van der Waals surface area contributed by atoms with Crippen molar-refractivity contribution in [3.05, 3.63) is 53.7 Å². The molecule has 21 heavy (non-hydrogen) atoms. The number of anilines is 1. The topological polar surface area (TPSA) is 51.5 Å². The lowest BCUT2D eigenvalue weighted by Crippen LogP contribution is -2.06. The zero-order chi connectivity index (χ0) is 14.7. The van der Waals surface area contributed by atoms with Crippen molar-refractivity contribution in [3.8, 4) is 5.75 Å². The van der Waals surface area contributed by atoms with Gasteiger partial charge in [0.1, 0.15) is 5.75 Å². The minimum atomic E-state index is 0.659. The van der Waals surface area contributed by atoms with E-state index in [-0.39, 0.29) is 0 Å². The molecule has 0 radical (unpaired) electrons. The third kappa shape index (κ3) is 2.97. The molecule has 5 heteroatoms. The van der Waals surface area contributed by atoms with Crippen molar-refractivity contribution in [3.63, 3.8) is 0 Å². The normalized spacial score (nSPS) is 10.8. The van der Waals surface area contributed by atoms with Gasteiger partial charge in [0.2, 0.25) is 5.95 Å². The van der Waals surface area contributed by atoms with E-state index >= 15 is 0 Å². The van der Waals surface area contributed by atoms with E-state index in [1.807, 2.05) is 43.5 Å². The van der Waals surface area contributed by atoms with Crippen molar-refractivity contribution in [2.75, 3.05) is 19.0 Å². The lowest BCUT2D eigenvalue weighted by atomic mass is 10.1. The molecule has 3 aromatic rings. The van der Waals surface area contributed by atoms with Gasteiger partial charge in [0.25, 0.3) is 0 Å². The Morgan fingerprint density at radius 1 is 1.24 bits per heavy atom. The molecule has 0 amide bonds. The molecular weight excluding hydrogens is 264 g/mol. The number of nitrogens with zero attached hydrogens (tertiary/aromatic N) is 3. The fourth-order valence-electron chi connectivity index (χ4n) is 2.26. The van der Waals surface area contributed by atoms with Gasteiger partial charge in [-0.2, -0.15) is 4.98 Å². The van der Waals surface area contributed by atoms with Crippen LogP contribution in [0.25, 0.3) is 5.65 Å². The zero-order valence-corrected chi connectivity index (χ0v) is 12.2. The monoisotopic (exact) mass is 282 g/mol. The molecular formula is C16H18N4O. The summed E-state index contributed by atoms with van der Waals surface area (Å²) in [6, 6.07) is 12.1. The van der Waals surface area contributed by atoms with Gasteiger partial charge in [-0.05, 0) is 42.7 Å². The minimum absolute atomic E-state index is 0.659. The number of nitrogens with one attached hydrogen (secondary N) is 1. The fraction of sp³-hybridized carbons (Fsp3) is 0.250. The van der Waals surface area contributed by atoms with Crippen LogP contribution in [0.2, 0.25) is 0 Å². The number of hydrogen-bond acceptors (Lipinski definition) is 4. The van der Waals surface area contributed by atoms with Crippen LogP contribution in [-0.4, -0.2) is 28.3 Å². The van der Waals surface area contributed by atoms with Crippen LogP contribution in [0, 0.1) is 6.92 Å². The lowest BCUT2D eigenvalue weighted by molar-refractivity contribution is 0.414. The molecule has 0 bridgehead atoms. The van der Waals surface area contributed by atoms with Crippen LogP contribution in [0.4, 0.5) is 5.95 Å². The van der Waals surface area contributed by atoms with Crippen LogP contribution < -0.4 is 10.1 Å². The molecule has 0 unspecified atom stereocenters. The molecule has 0 spiro atoms. The lowest BCUT2D eigenvalue weighted by Gasteiger charge is -2.04. The molecule has 1 aromatic carbocycles. The number of methoxy groups -OCH3 is 1. The third-order valence-corrected chi connectivity index (χ3v) is 3.39. The van der Waals surface area contributed by atoms with Crippen LogP contribution in [0.3, 0.4) is 0 Å². The summed E-state index contributed by atoms with van der Waals surface area (Å²) in [6.45, 7) is 2.81. The van der Waals surface area contributed by atoms with E-state index in [1.165, 1.54) is 5.56 Å². The second kappa shape index (κ2) is 5.83. The van der Waals surface area contributed by atoms with Crippen LogP contribution in [0.15, 0.2) is 42.6 Å². The van der Waals surface area contributed by atoms with Gasteiger partial charge in [-0.3, -0.25) is 0 Å². The summed E-state index contributed by atoms with van der Waals surface area (Å²) in [4.78, 5) is 4.49. The summed E-state index contributed by atoms with van der Waals surface area (Å²) in [6.07, 6.45) is 2.80. The second-order valence-corrected chi connectivity index (χ2v) is 4.92. The van der Waals surface area contributed by atoms with E-state index in [4.69, 9.17) is 4.74 Å². The van der Waals surface area contributed by atoms with Gasteiger partial charge in [0, 0.05) is 12.7 Å². The molecule has 0 aliphatic heterocycles. The summed E-state index contributed by atoms with van der Waals surface area (Å²) < 4.78 is 7.02. The summed E-state index contributed by atoms with van der Waals surface area (Å²) in [7, 11) is 1.68. The molecule has 0 aliphatic rings. The average molecular weight is 282 g/mol. The molecule has 1 N–H and O–H groups in total. The Labute approximate surface area is 123 Å². The summed E-state index contributed by atoms with van der Waals surface area (Å²) in [5.41, 5.74) is 3.23. The molecule has 0 saturated carbocycles. The number of aryl methyl sites for hydroxylation is 1. The highest BCUT2D eigenvalue weighted by Crippen LogP contribution is 2.13. The van der Waals surface area contributed by atoms with E-state index < -0.39 is 0 Å². The smallest absolute Gasteiger partial charge is 0.243 e.